The number of ether oxygens (including phenoxy) is 1. The summed E-state index contributed by atoms with van der Waals surface area (Å²) in [6.45, 7) is 1.92. The van der Waals surface area contributed by atoms with Crippen LogP contribution >= 0.6 is 0 Å². The molecule has 0 saturated heterocycles. The Balaban J connectivity index is 2.15. The first kappa shape index (κ1) is 13.5. The smallest absolute Gasteiger partial charge is 0.212 e. The minimum atomic E-state index is -0.380. The van der Waals surface area contributed by atoms with Gasteiger partial charge in [-0.3, -0.25) is 0 Å². The minimum absolute atomic E-state index is 0.264. The molecule has 0 aliphatic carbocycles. The van der Waals surface area contributed by atoms with Gasteiger partial charge in [0.05, 0.1) is 7.11 Å². The number of nitrogens with two attached hydrogens (primary N) is 1. The molecule has 1 heterocycles. The predicted octanol–water partition coefficient (Wildman–Crippen LogP) is 2.78. The van der Waals surface area contributed by atoms with Crippen molar-refractivity contribution in [3.8, 4) is 5.88 Å². The number of nitrogens with zero attached hydrogens (tertiary/aromatic N) is 1. The first-order valence-corrected chi connectivity index (χ1v) is 6.10. The summed E-state index contributed by atoms with van der Waals surface area (Å²) in [5.74, 6) is 0.290. The van der Waals surface area contributed by atoms with Crippen molar-refractivity contribution in [2.24, 2.45) is 5.73 Å². The summed E-state index contributed by atoms with van der Waals surface area (Å²) < 4.78 is 18.7. The van der Waals surface area contributed by atoms with Crippen molar-refractivity contribution in [3.63, 3.8) is 0 Å². The zero-order valence-electron chi connectivity index (χ0n) is 11.1. The van der Waals surface area contributed by atoms with E-state index in [0.717, 1.165) is 11.1 Å². The topological polar surface area (TPSA) is 48.1 Å². The molecular weight excluding hydrogens is 243 g/mol. The van der Waals surface area contributed by atoms with Crippen LogP contribution in [0, 0.1) is 12.7 Å². The maximum Gasteiger partial charge on any atom is 0.212 e. The van der Waals surface area contributed by atoms with Gasteiger partial charge in [-0.05, 0) is 25.0 Å². The highest BCUT2D eigenvalue weighted by molar-refractivity contribution is 5.28. The second kappa shape index (κ2) is 5.80. The zero-order valence-corrected chi connectivity index (χ0v) is 11.1. The average Bonchev–Trinajstić information content (AvgIpc) is 2.42. The van der Waals surface area contributed by atoms with Gasteiger partial charge in [-0.1, -0.05) is 23.8 Å². The third-order valence-electron chi connectivity index (χ3n) is 3.01. The largest absolute Gasteiger partial charge is 0.481 e. The molecule has 0 fully saturated rings. The number of hydrogen-bond donors (Lipinski definition) is 1. The summed E-state index contributed by atoms with van der Waals surface area (Å²) in [5.41, 5.74) is 8.56. The van der Waals surface area contributed by atoms with Crippen molar-refractivity contribution in [2.45, 2.75) is 19.4 Å². The normalized spacial score (nSPS) is 12.2. The van der Waals surface area contributed by atoms with Gasteiger partial charge in [0.1, 0.15) is 5.82 Å². The highest BCUT2D eigenvalue weighted by Gasteiger charge is 2.12. The predicted molar refractivity (Wildman–Crippen MR) is 72.6 cm³/mol. The third-order valence-corrected chi connectivity index (χ3v) is 3.01. The van der Waals surface area contributed by atoms with Crippen molar-refractivity contribution in [2.75, 3.05) is 7.11 Å². The molecule has 100 valence electrons. The molecule has 2 N–H and O–H groups in total. The quantitative estimate of drug-likeness (QED) is 0.919. The van der Waals surface area contributed by atoms with Crippen LogP contribution < -0.4 is 10.5 Å². The van der Waals surface area contributed by atoms with Crippen LogP contribution in [0.5, 0.6) is 5.88 Å². The zero-order chi connectivity index (χ0) is 13.8. The first-order valence-electron chi connectivity index (χ1n) is 6.10. The molecular formula is C15H17FN2O. The number of aryl methyl sites for hydroxylation is 1. The lowest BCUT2D eigenvalue weighted by Crippen LogP contribution is -2.15. The highest BCUT2D eigenvalue weighted by atomic mass is 19.1. The summed E-state index contributed by atoms with van der Waals surface area (Å²) in [7, 11) is 1.57. The van der Waals surface area contributed by atoms with Crippen LogP contribution in [-0.4, -0.2) is 12.1 Å². The monoisotopic (exact) mass is 260 g/mol. The Morgan fingerprint density at radius 2 is 2.11 bits per heavy atom. The molecule has 1 aromatic carbocycles. The van der Waals surface area contributed by atoms with Gasteiger partial charge in [0.15, 0.2) is 0 Å². The summed E-state index contributed by atoms with van der Waals surface area (Å²) in [5, 5.41) is 0. The van der Waals surface area contributed by atoms with Crippen molar-refractivity contribution < 1.29 is 9.13 Å². The fraction of sp³-hybridized carbons (Fsp3) is 0.267. The molecule has 1 aromatic heterocycles. The molecule has 0 aliphatic rings. The van der Waals surface area contributed by atoms with E-state index < -0.39 is 0 Å². The summed E-state index contributed by atoms with van der Waals surface area (Å²) >= 11 is 0. The molecule has 0 bridgehead atoms. The Labute approximate surface area is 112 Å². The van der Waals surface area contributed by atoms with Gasteiger partial charge in [0.25, 0.3) is 0 Å². The van der Waals surface area contributed by atoms with Crippen LogP contribution in [0.15, 0.2) is 36.5 Å². The fourth-order valence-corrected chi connectivity index (χ4v) is 1.96. The van der Waals surface area contributed by atoms with E-state index in [1.54, 1.807) is 31.5 Å². The van der Waals surface area contributed by atoms with E-state index in [1.165, 1.54) is 6.07 Å². The van der Waals surface area contributed by atoms with E-state index in [0.29, 0.717) is 17.9 Å². The Bertz CT molecular complexity index is 555. The van der Waals surface area contributed by atoms with Crippen molar-refractivity contribution in [1.82, 2.24) is 4.98 Å². The number of benzene rings is 1. The average molecular weight is 260 g/mol. The first-order chi connectivity index (χ1) is 9.10. The highest BCUT2D eigenvalue weighted by Crippen LogP contribution is 2.20. The molecule has 19 heavy (non-hydrogen) atoms. The molecule has 3 nitrogen and oxygen atoms in total. The van der Waals surface area contributed by atoms with Gasteiger partial charge in [-0.15, -0.1) is 0 Å². The lowest BCUT2D eigenvalue weighted by molar-refractivity contribution is 0.397. The summed E-state index contributed by atoms with van der Waals surface area (Å²) in [4.78, 5) is 4.11. The second-order valence-electron chi connectivity index (χ2n) is 4.54. The molecule has 1 atom stereocenters. The van der Waals surface area contributed by atoms with Gasteiger partial charge in [-0.25, -0.2) is 9.37 Å². The van der Waals surface area contributed by atoms with Crippen LogP contribution in [0.4, 0.5) is 4.39 Å². The molecule has 0 spiro atoms. The number of aromatic nitrogens is 1. The standard InChI is InChI=1S/C15H17FN2O/c1-10-3-5-13(16)12(7-10)14(17)8-11-4-6-15(19-2)18-9-11/h3-7,9,14H,8,17H2,1-2H3. The minimum Gasteiger partial charge on any atom is -0.481 e. The SMILES string of the molecule is COc1ccc(CC(N)c2cc(C)ccc2F)cn1. The molecule has 0 aliphatic heterocycles. The Hall–Kier alpha value is -1.94. The van der Waals surface area contributed by atoms with Gasteiger partial charge in [-0.2, -0.15) is 0 Å². The van der Waals surface area contributed by atoms with Crippen LogP contribution in [0.25, 0.3) is 0 Å². The van der Waals surface area contributed by atoms with Gasteiger partial charge >= 0.3 is 0 Å². The Morgan fingerprint density at radius 3 is 2.74 bits per heavy atom. The summed E-state index contributed by atoms with van der Waals surface area (Å²) in [6.07, 6.45) is 2.24. The van der Waals surface area contributed by atoms with Gasteiger partial charge in [0, 0.05) is 23.9 Å². The molecule has 0 radical (unpaired) electrons. The van der Waals surface area contributed by atoms with Crippen molar-refractivity contribution in [3.05, 3.63) is 59.0 Å². The number of hydrogen-bond acceptors (Lipinski definition) is 3. The van der Waals surface area contributed by atoms with Crippen LogP contribution in [0.2, 0.25) is 0 Å². The molecule has 1 unspecified atom stereocenters. The van der Waals surface area contributed by atoms with Gasteiger partial charge < -0.3 is 10.5 Å². The number of rotatable bonds is 4. The van der Waals surface area contributed by atoms with Crippen molar-refractivity contribution >= 4 is 0 Å². The molecule has 0 saturated carbocycles. The lowest BCUT2D eigenvalue weighted by atomic mass is 9.99. The van der Waals surface area contributed by atoms with E-state index in [9.17, 15) is 4.39 Å². The van der Waals surface area contributed by atoms with E-state index in [-0.39, 0.29) is 11.9 Å². The van der Waals surface area contributed by atoms with Crippen LogP contribution in [-0.2, 0) is 6.42 Å². The molecule has 4 heteroatoms. The van der Waals surface area contributed by atoms with E-state index >= 15 is 0 Å². The second-order valence-corrected chi connectivity index (χ2v) is 4.54. The lowest BCUT2D eigenvalue weighted by Gasteiger charge is -2.14. The van der Waals surface area contributed by atoms with Crippen LogP contribution in [0.3, 0.4) is 0 Å². The fourth-order valence-electron chi connectivity index (χ4n) is 1.96. The Kier molecular flexibility index (Phi) is 4.12. The number of pyridine rings is 1. The van der Waals surface area contributed by atoms with Crippen molar-refractivity contribution in [1.29, 1.82) is 0 Å². The van der Waals surface area contributed by atoms with Crippen LogP contribution in [0.1, 0.15) is 22.7 Å². The molecule has 2 aromatic rings. The number of methoxy groups -OCH3 is 1. The summed E-state index contributed by atoms with van der Waals surface area (Å²) in [6, 6.07) is 8.26. The molecule has 2 rings (SSSR count). The number of halogens is 1. The van der Waals surface area contributed by atoms with Gasteiger partial charge in [0.2, 0.25) is 5.88 Å². The maximum absolute atomic E-state index is 13.7. The third kappa shape index (κ3) is 3.29. The van der Waals surface area contributed by atoms with E-state index in [1.807, 2.05) is 13.0 Å². The Morgan fingerprint density at radius 1 is 1.32 bits per heavy atom. The van der Waals surface area contributed by atoms with E-state index in [4.69, 9.17) is 10.5 Å². The van der Waals surface area contributed by atoms with E-state index in [2.05, 4.69) is 4.98 Å². The maximum atomic E-state index is 13.7. The molecule has 0 amide bonds.